The lowest BCUT2D eigenvalue weighted by atomic mass is 9.50. The maximum absolute atomic E-state index is 13.4. The lowest BCUT2D eigenvalue weighted by Crippen LogP contribution is -2.46. The third kappa shape index (κ3) is 3.70. The Balaban J connectivity index is 2.01. The zero-order chi connectivity index (χ0) is 20.7. The Bertz CT molecular complexity index is 860. The molecule has 28 heavy (non-hydrogen) atoms. The van der Waals surface area contributed by atoms with Crippen LogP contribution < -0.4 is 9.47 Å². The van der Waals surface area contributed by atoms with Crippen molar-refractivity contribution in [2.75, 3.05) is 20.0 Å². The van der Waals surface area contributed by atoms with E-state index < -0.39 is 9.84 Å². The number of hydrogen-bond donors (Lipinski definition) is 0. The van der Waals surface area contributed by atoms with E-state index >= 15 is 0 Å². The van der Waals surface area contributed by atoms with Crippen molar-refractivity contribution in [3.05, 3.63) is 29.3 Å². The molecule has 1 saturated carbocycles. The van der Waals surface area contributed by atoms with E-state index in [-0.39, 0.29) is 21.5 Å². The minimum absolute atomic E-state index is 0.0416. The lowest BCUT2D eigenvalue weighted by molar-refractivity contribution is 0.0131. The van der Waals surface area contributed by atoms with Crippen LogP contribution in [0.5, 0.6) is 11.5 Å². The molecule has 0 saturated heterocycles. The first kappa shape index (κ1) is 21.2. The van der Waals surface area contributed by atoms with Crippen LogP contribution in [0.15, 0.2) is 34.2 Å². The summed E-state index contributed by atoms with van der Waals surface area (Å²) in [4.78, 5) is 0.268. The number of ether oxygens (including phenoxy) is 2. The summed E-state index contributed by atoms with van der Waals surface area (Å²) < 4.78 is 37.4. The summed E-state index contributed by atoms with van der Waals surface area (Å²) >= 11 is 0. The summed E-state index contributed by atoms with van der Waals surface area (Å²) in [5, 5.41) is 0. The van der Waals surface area contributed by atoms with Crippen LogP contribution in [0.25, 0.3) is 0 Å². The number of methoxy groups -OCH3 is 2. The molecule has 5 heteroatoms. The van der Waals surface area contributed by atoms with Gasteiger partial charge in [0.05, 0.1) is 24.9 Å². The molecule has 0 amide bonds. The van der Waals surface area contributed by atoms with Crippen LogP contribution >= 0.6 is 0 Å². The number of fused-ring (bicyclic) bond motifs is 1. The zero-order valence-electron chi connectivity index (χ0n) is 18.1. The highest BCUT2D eigenvalue weighted by Crippen LogP contribution is 2.59. The molecule has 0 heterocycles. The molecule has 2 atom stereocenters. The van der Waals surface area contributed by atoms with Crippen molar-refractivity contribution >= 4 is 9.84 Å². The Hall–Kier alpha value is -1.49. The van der Waals surface area contributed by atoms with Gasteiger partial charge < -0.3 is 9.47 Å². The van der Waals surface area contributed by atoms with Gasteiger partial charge in [0.25, 0.3) is 0 Å². The zero-order valence-corrected chi connectivity index (χ0v) is 18.9. The normalized spacial score (nSPS) is 27.3. The molecule has 2 aliphatic carbocycles. The van der Waals surface area contributed by atoms with E-state index in [4.69, 9.17) is 9.47 Å². The molecule has 4 nitrogen and oxygen atoms in total. The fourth-order valence-electron chi connectivity index (χ4n) is 5.71. The highest BCUT2D eigenvalue weighted by Gasteiger charge is 2.50. The fraction of sp³-hybridized carbons (Fsp3) is 0.652. The van der Waals surface area contributed by atoms with Gasteiger partial charge >= 0.3 is 0 Å². The summed E-state index contributed by atoms with van der Waals surface area (Å²) in [7, 11) is -0.429. The van der Waals surface area contributed by atoms with Gasteiger partial charge in [0.2, 0.25) is 0 Å². The van der Waals surface area contributed by atoms with Crippen molar-refractivity contribution in [2.45, 2.75) is 64.7 Å². The standard InChI is InChI=1S/C23H34O4S/c1-16-8-9-21-22(2,3)10-7-11-23(21,4)20(16)15-28(24,25)19-13-17(26-5)12-18(14-19)27-6/h12-14,21H,7-11,15H2,1-6H3/t21-,23+/m0/s1. The summed E-state index contributed by atoms with van der Waals surface area (Å²) in [5.74, 6) is 1.60. The van der Waals surface area contributed by atoms with E-state index in [1.165, 1.54) is 26.2 Å². The molecule has 0 aliphatic heterocycles. The van der Waals surface area contributed by atoms with Crippen molar-refractivity contribution in [2.24, 2.45) is 16.7 Å². The molecule has 156 valence electrons. The molecule has 0 aromatic heterocycles. The Morgan fingerprint density at radius 1 is 1.04 bits per heavy atom. The molecule has 0 radical (unpaired) electrons. The van der Waals surface area contributed by atoms with Crippen molar-refractivity contribution in [3.63, 3.8) is 0 Å². The minimum atomic E-state index is -3.50. The molecule has 0 N–H and O–H groups in total. The molecule has 1 aromatic carbocycles. The van der Waals surface area contributed by atoms with Crippen LogP contribution in [0.4, 0.5) is 0 Å². The van der Waals surface area contributed by atoms with Gasteiger partial charge in [-0.2, -0.15) is 0 Å². The third-order valence-electron chi connectivity index (χ3n) is 7.26. The number of benzene rings is 1. The monoisotopic (exact) mass is 406 g/mol. The molecule has 0 unspecified atom stereocenters. The molecule has 0 spiro atoms. The van der Waals surface area contributed by atoms with Crippen LogP contribution in [0.1, 0.15) is 59.8 Å². The first-order valence-electron chi connectivity index (χ1n) is 10.2. The molecule has 2 aliphatic rings. The molecular weight excluding hydrogens is 372 g/mol. The van der Waals surface area contributed by atoms with Crippen LogP contribution in [0.3, 0.4) is 0 Å². The molecule has 1 fully saturated rings. The number of rotatable bonds is 5. The van der Waals surface area contributed by atoms with E-state index in [0.29, 0.717) is 17.4 Å². The number of hydrogen-bond acceptors (Lipinski definition) is 4. The van der Waals surface area contributed by atoms with E-state index in [0.717, 1.165) is 31.3 Å². The fourth-order valence-corrected chi connectivity index (χ4v) is 7.43. The van der Waals surface area contributed by atoms with Gasteiger partial charge in [0.1, 0.15) is 11.5 Å². The van der Waals surface area contributed by atoms with Crippen molar-refractivity contribution in [3.8, 4) is 11.5 Å². The van der Waals surface area contributed by atoms with Gasteiger partial charge in [-0.1, -0.05) is 32.8 Å². The van der Waals surface area contributed by atoms with Crippen molar-refractivity contribution < 1.29 is 17.9 Å². The van der Waals surface area contributed by atoms with Crippen LogP contribution in [-0.4, -0.2) is 28.4 Å². The molecule has 1 aromatic rings. The predicted octanol–water partition coefficient (Wildman–Crippen LogP) is 5.42. The van der Waals surface area contributed by atoms with Crippen molar-refractivity contribution in [1.82, 2.24) is 0 Å². The minimum Gasteiger partial charge on any atom is -0.497 e. The van der Waals surface area contributed by atoms with Gasteiger partial charge in [-0.25, -0.2) is 8.42 Å². The maximum Gasteiger partial charge on any atom is 0.182 e. The van der Waals surface area contributed by atoms with Crippen LogP contribution in [0, 0.1) is 16.7 Å². The molecule has 3 rings (SSSR count). The Kier molecular flexibility index (Phi) is 5.61. The van der Waals surface area contributed by atoms with E-state index in [9.17, 15) is 8.42 Å². The lowest BCUT2D eigenvalue weighted by Gasteiger charge is -2.55. The van der Waals surface area contributed by atoms with Crippen LogP contribution in [-0.2, 0) is 9.84 Å². The highest BCUT2D eigenvalue weighted by molar-refractivity contribution is 7.91. The number of allylic oxidation sites excluding steroid dienone is 1. The second kappa shape index (κ2) is 7.40. The van der Waals surface area contributed by atoms with Gasteiger partial charge in [0.15, 0.2) is 9.84 Å². The average Bonchev–Trinajstić information content (AvgIpc) is 2.63. The Morgan fingerprint density at radius 2 is 1.64 bits per heavy atom. The number of sulfone groups is 1. The van der Waals surface area contributed by atoms with Gasteiger partial charge in [-0.05, 0) is 67.1 Å². The summed E-state index contributed by atoms with van der Waals surface area (Å²) in [5.41, 5.74) is 2.61. The molecular formula is C23H34O4S. The Labute approximate surface area is 170 Å². The quantitative estimate of drug-likeness (QED) is 0.613. The smallest absolute Gasteiger partial charge is 0.182 e. The summed E-state index contributed by atoms with van der Waals surface area (Å²) in [6.45, 7) is 9.14. The van der Waals surface area contributed by atoms with Gasteiger partial charge in [-0.15, -0.1) is 0 Å². The second-order valence-corrected chi connectivity index (χ2v) is 11.4. The topological polar surface area (TPSA) is 52.6 Å². The first-order valence-corrected chi connectivity index (χ1v) is 11.8. The summed E-state index contributed by atoms with van der Waals surface area (Å²) in [6, 6.07) is 4.90. The van der Waals surface area contributed by atoms with Crippen molar-refractivity contribution in [1.29, 1.82) is 0 Å². The SMILES string of the molecule is COc1cc(OC)cc(S(=O)(=O)CC2=C(C)CC[C@H]3C(C)(C)CCC[C@]23C)c1. The largest absolute Gasteiger partial charge is 0.497 e. The van der Waals surface area contributed by atoms with E-state index in [1.54, 1.807) is 18.2 Å². The van der Waals surface area contributed by atoms with Crippen LogP contribution in [0.2, 0.25) is 0 Å². The average molecular weight is 407 g/mol. The maximum atomic E-state index is 13.4. The second-order valence-electron chi connectivity index (χ2n) is 9.42. The third-order valence-corrected chi connectivity index (χ3v) is 8.88. The van der Waals surface area contributed by atoms with E-state index in [1.807, 2.05) is 0 Å². The van der Waals surface area contributed by atoms with Gasteiger partial charge in [0, 0.05) is 6.07 Å². The Morgan fingerprint density at radius 3 is 2.21 bits per heavy atom. The first-order chi connectivity index (χ1) is 13.0. The highest BCUT2D eigenvalue weighted by atomic mass is 32.2. The van der Waals surface area contributed by atoms with Gasteiger partial charge in [-0.3, -0.25) is 0 Å². The van der Waals surface area contributed by atoms with E-state index in [2.05, 4.69) is 27.7 Å². The molecule has 0 bridgehead atoms. The summed E-state index contributed by atoms with van der Waals surface area (Å²) in [6.07, 6.45) is 5.61. The predicted molar refractivity (Wildman–Crippen MR) is 113 cm³/mol.